The lowest BCUT2D eigenvalue weighted by Crippen LogP contribution is -2.41. The van der Waals surface area contributed by atoms with Gasteiger partial charge in [0, 0.05) is 50.9 Å². The number of hydrogen-bond donors (Lipinski definition) is 0. The topological polar surface area (TPSA) is 129 Å². The summed E-state index contributed by atoms with van der Waals surface area (Å²) in [5, 5.41) is 6.90. The molecule has 0 aliphatic carbocycles. The van der Waals surface area contributed by atoms with Gasteiger partial charge in [0.25, 0.3) is 0 Å². The molecule has 12 nitrogen and oxygen atoms in total. The maximum atomic E-state index is 6.70. The van der Waals surface area contributed by atoms with Gasteiger partial charge in [-0.25, -0.2) is 29.9 Å². The monoisotopic (exact) mass is 1530 g/mol. The van der Waals surface area contributed by atoms with Crippen molar-refractivity contribution in [3.8, 4) is 33.5 Å². The molecule has 7 heterocycles. The zero-order valence-electron chi connectivity index (χ0n) is 66.2. The Balaban J connectivity index is 0.000000150. The average molecular weight is 1540 g/mol. The van der Waals surface area contributed by atoms with E-state index in [-0.39, 0.29) is 37.4 Å². The van der Waals surface area contributed by atoms with Crippen LogP contribution in [0.2, 0.25) is 15.7 Å². The number of rotatable bonds is 10. The molecule has 16 heteroatoms. The SMILES string of the molecule is CC(C)(C)c1cc(-c2cc(-c3nc(Cl)nc4c3oc3ccccc34)cc(N(c3ccccn3)c3cccc4ccccc34)c2)cc(C(C)(C)C)c1.CC(C)(C)c1cc(-c2cc(B3OC(C)(C)C(C)(C)O3)cc(N(c3ccccn3)c3cccc4ccccc34)c2)cc(C(C)(C)C)c1.Clc1nc(Cl)c2oc3ccccc3c2n1. The quantitative estimate of drug-likeness (QED) is 0.0734. The minimum atomic E-state index is -0.519. The number of fused-ring (bicyclic) bond motifs is 8. The zero-order valence-corrected chi connectivity index (χ0v) is 68.4. The van der Waals surface area contributed by atoms with E-state index < -0.39 is 18.3 Å². The van der Waals surface area contributed by atoms with E-state index in [0.717, 1.165) is 100 Å². The van der Waals surface area contributed by atoms with Crippen LogP contribution in [-0.2, 0) is 31.0 Å². The molecule has 0 spiro atoms. The number of para-hydroxylation sites is 2. The second-order valence-corrected chi connectivity index (χ2v) is 35.0. The molecule has 0 amide bonds. The first-order chi connectivity index (χ1) is 53.2. The van der Waals surface area contributed by atoms with Gasteiger partial charge < -0.3 is 18.1 Å². The fraction of sp³-hybridized carbons (Fsp3) is 0.229. The van der Waals surface area contributed by atoms with Gasteiger partial charge in [-0.15, -0.1) is 0 Å². The number of aromatic nitrogens is 6. The highest BCUT2D eigenvalue weighted by molar-refractivity contribution is 6.62. The van der Waals surface area contributed by atoms with Crippen molar-refractivity contribution in [2.75, 3.05) is 9.80 Å². The summed E-state index contributed by atoms with van der Waals surface area (Å²) in [6.07, 6.45) is 3.69. The Hall–Kier alpha value is -10.8. The molecule has 6 aromatic heterocycles. The molecule has 0 bridgehead atoms. The van der Waals surface area contributed by atoms with Gasteiger partial charge in [-0.05, 0) is 224 Å². The zero-order chi connectivity index (χ0) is 79.0. The lowest BCUT2D eigenvalue weighted by Gasteiger charge is -2.32. The van der Waals surface area contributed by atoms with Crippen LogP contribution in [0.5, 0.6) is 0 Å². The van der Waals surface area contributed by atoms with Gasteiger partial charge in [0.2, 0.25) is 10.6 Å². The fourth-order valence-corrected chi connectivity index (χ4v) is 14.9. The molecule has 1 fully saturated rings. The normalized spacial score (nSPS) is 13.7. The van der Waals surface area contributed by atoms with E-state index in [9.17, 15) is 0 Å². The Bertz CT molecular complexity index is 6140. The van der Waals surface area contributed by atoms with E-state index in [1.54, 1.807) is 0 Å². The molecule has 0 unspecified atom stereocenters. The molecule has 112 heavy (non-hydrogen) atoms. The highest BCUT2D eigenvalue weighted by Gasteiger charge is 2.52. The number of hydrogen-bond acceptors (Lipinski definition) is 12. The third-order valence-corrected chi connectivity index (χ3v) is 21.9. The summed E-state index contributed by atoms with van der Waals surface area (Å²) in [6, 6.07) is 84.8. The van der Waals surface area contributed by atoms with Crippen molar-refractivity contribution in [1.29, 1.82) is 0 Å². The van der Waals surface area contributed by atoms with Crippen molar-refractivity contribution < 1.29 is 18.1 Å². The van der Waals surface area contributed by atoms with Gasteiger partial charge in [-0.2, -0.15) is 0 Å². The Morgan fingerprint density at radius 2 is 0.723 bits per heavy atom. The molecule has 1 aliphatic heterocycles. The maximum Gasteiger partial charge on any atom is 0.494 e. The lowest BCUT2D eigenvalue weighted by molar-refractivity contribution is 0.00578. The van der Waals surface area contributed by atoms with E-state index >= 15 is 0 Å². The van der Waals surface area contributed by atoms with Gasteiger partial charge in [0.05, 0.1) is 22.6 Å². The van der Waals surface area contributed by atoms with Crippen LogP contribution in [0.4, 0.5) is 34.4 Å². The summed E-state index contributed by atoms with van der Waals surface area (Å²) in [5.41, 5.74) is 18.9. The Kier molecular flexibility index (Phi) is 20.3. The van der Waals surface area contributed by atoms with E-state index in [2.05, 4.69) is 299 Å². The molecule has 0 atom stereocenters. The average Bonchev–Trinajstić information content (AvgIpc) is 1.43. The Morgan fingerprint density at radius 1 is 0.348 bits per heavy atom. The van der Waals surface area contributed by atoms with Crippen molar-refractivity contribution in [2.24, 2.45) is 0 Å². The van der Waals surface area contributed by atoms with E-state index in [0.29, 0.717) is 27.9 Å². The molecule has 1 aliphatic rings. The van der Waals surface area contributed by atoms with E-state index in [1.165, 1.54) is 33.2 Å². The number of halogens is 3. The highest BCUT2D eigenvalue weighted by Crippen LogP contribution is 2.47. The number of furan rings is 2. The van der Waals surface area contributed by atoms with E-state index in [1.807, 2.05) is 91.3 Å². The third-order valence-electron chi connectivity index (χ3n) is 21.3. The molecular formula is C96H90BCl3N8O4. The predicted octanol–water partition coefficient (Wildman–Crippen LogP) is 26.9. The molecule has 1 saturated heterocycles. The van der Waals surface area contributed by atoms with Crippen LogP contribution in [0, 0.1) is 0 Å². The van der Waals surface area contributed by atoms with Crippen molar-refractivity contribution in [3.63, 3.8) is 0 Å². The van der Waals surface area contributed by atoms with Crippen LogP contribution in [0.3, 0.4) is 0 Å². The van der Waals surface area contributed by atoms with Gasteiger partial charge in [0.1, 0.15) is 39.5 Å². The summed E-state index contributed by atoms with van der Waals surface area (Å²) in [7, 11) is -0.519. The molecule has 10 aromatic carbocycles. The Morgan fingerprint density at radius 3 is 1.18 bits per heavy atom. The first kappa shape index (κ1) is 76.6. The Labute approximate surface area is 671 Å². The van der Waals surface area contributed by atoms with Crippen LogP contribution in [-0.4, -0.2) is 48.2 Å². The van der Waals surface area contributed by atoms with Gasteiger partial charge in [-0.3, -0.25) is 9.80 Å². The fourth-order valence-electron chi connectivity index (χ4n) is 14.3. The number of nitrogens with zero attached hydrogens (tertiary/aromatic N) is 8. The molecular weight excluding hydrogens is 1450 g/mol. The van der Waals surface area contributed by atoms with Gasteiger partial charge in [-0.1, -0.05) is 246 Å². The molecule has 17 rings (SSSR count). The minimum Gasteiger partial charge on any atom is -0.452 e. The molecule has 0 radical (unpaired) electrons. The van der Waals surface area contributed by atoms with Crippen LogP contribution in [0.1, 0.15) is 133 Å². The summed E-state index contributed by atoms with van der Waals surface area (Å²) in [4.78, 5) is 31.6. The standard InChI is InChI=1S/C45H39ClN4O.C41H47BN2O2.C10H4Cl2N2O/c1-44(2,3)32-23-30(24-33(27-32)45(4,5)6)29-22-31(40-42-41(49-43(46)48-40)36-17-9-10-19-38(36)51-42)26-34(25-29)50(39-20-11-12-21-47-39)37-18-13-15-28-14-7-8-16-35(28)37;1-38(2,3)31-22-29(23-32(26-31)39(4,5)6)30-24-33(42-45-40(7,8)41(9,10)46-42)27-34(25-30)44(37-20-13-14-21-43-37)36-19-15-17-28-16-11-12-18-35(28)36;11-9-8-7(13-10(12)14-9)5-3-1-2-4-6(5)15-8/h7-27H,1-6H3;11-27H,1-10H3;1-4H. The summed E-state index contributed by atoms with van der Waals surface area (Å²) in [6.45, 7) is 35.8. The van der Waals surface area contributed by atoms with E-state index in [4.69, 9.17) is 67.9 Å². The van der Waals surface area contributed by atoms with Crippen molar-refractivity contribution >= 4 is 147 Å². The number of anilines is 6. The highest BCUT2D eigenvalue weighted by atomic mass is 35.5. The molecule has 0 N–H and O–H groups in total. The second-order valence-electron chi connectivity index (χ2n) is 34.0. The maximum absolute atomic E-state index is 6.70. The number of pyridine rings is 2. The summed E-state index contributed by atoms with van der Waals surface area (Å²) < 4.78 is 25.3. The predicted molar refractivity (Wildman–Crippen MR) is 467 cm³/mol. The van der Waals surface area contributed by atoms with Crippen LogP contribution >= 0.6 is 34.8 Å². The minimum absolute atomic E-state index is 0.00881. The molecule has 16 aromatic rings. The smallest absolute Gasteiger partial charge is 0.452 e. The van der Waals surface area contributed by atoms with Crippen molar-refractivity contribution in [1.82, 2.24) is 29.9 Å². The molecule has 562 valence electrons. The van der Waals surface area contributed by atoms with Crippen LogP contribution < -0.4 is 15.3 Å². The van der Waals surface area contributed by atoms with Gasteiger partial charge >= 0.3 is 7.12 Å². The first-order valence-electron chi connectivity index (χ1n) is 37.9. The largest absolute Gasteiger partial charge is 0.494 e. The van der Waals surface area contributed by atoms with Crippen LogP contribution in [0.25, 0.3) is 99.2 Å². The molecule has 0 saturated carbocycles. The van der Waals surface area contributed by atoms with Crippen molar-refractivity contribution in [3.05, 3.63) is 293 Å². The summed E-state index contributed by atoms with van der Waals surface area (Å²) in [5.74, 6) is 1.64. The first-order valence-corrected chi connectivity index (χ1v) is 39.1. The third kappa shape index (κ3) is 15.5. The van der Waals surface area contributed by atoms with Gasteiger partial charge in [0.15, 0.2) is 16.3 Å². The van der Waals surface area contributed by atoms with Crippen LogP contribution in [0.15, 0.2) is 264 Å². The lowest BCUT2D eigenvalue weighted by atomic mass is 9.76. The number of benzene rings is 10. The summed E-state index contributed by atoms with van der Waals surface area (Å²) >= 11 is 18.3. The second kappa shape index (κ2) is 29.7. The van der Waals surface area contributed by atoms with Crippen molar-refractivity contribution in [2.45, 2.75) is 144 Å².